The summed E-state index contributed by atoms with van der Waals surface area (Å²) in [5.74, 6) is 0.579. The molecule has 0 aromatic carbocycles. The van der Waals surface area contributed by atoms with E-state index < -0.39 is 0 Å². The quantitative estimate of drug-likeness (QED) is 0.785. The van der Waals surface area contributed by atoms with E-state index in [2.05, 4.69) is 15.5 Å². The molecule has 0 fully saturated rings. The van der Waals surface area contributed by atoms with E-state index in [-0.39, 0.29) is 12.1 Å². The summed E-state index contributed by atoms with van der Waals surface area (Å²) in [6.07, 6.45) is -0.119. The molecule has 0 saturated heterocycles. The molecule has 14 heavy (non-hydrogen) atoms. The standard InChI is InChI=1S/C9H17N3O2/c1-5-13-7(4)8-11-9(14-12-8)10-6(2)3/h6-7H,5H2,1-4H3,(H,10,11,12). The summed E-state index contributed by atoms with van der Waals surface area (Å²) in [6.45, 7) is 8.49. The molecule has 1 unspecified atom stereocenters. The highest BCUT2D eigenvalue weighted by Crippen LogP contribution is 2.15. The molecule has 0 aliphatic heterocycles. The number of ether oxygens (including phenoxy) is 1. The minimum absolute atomic E-state index is 0.119. The van der Waals surface area contributed by atoms with Crippen molar-refractivity contribution < 1.29 is 9.26 Å². The van der Waals surface area contributed by atoms with Crippen LogP contribution in [0.25, 0.3) is 0 Å². The van der Waals surface area contributed by atoms with Crippen LogP contribution in [-0.4, -0.2) is 22.8 Å². The van der Waals surface area contributed by atoms with Crippen LogP contribution in [0.4, 0.5) is 6.01 Å². The zero-order valence-corrected chi connectivity index (χ0v) is 9.07. The van der Waals surface area contributed by atoms with Gasteiger partial charge in [-0.05, 0) is 27.7 Å². The highest BCUT2D eigenvalue weighted by Gasteiger charge is 2.13. The number of nitrogens with one attached hydrogen (secondary N) is 1. The van der Waals surface area contributed by atoms with Crippen LogP contribution in [0.5, 0.6) is 0 Å². The number of aromatic nitrogens is 2. The van der Waals surface area contributed by atoms with E-state index >= 15 is 0 Å². The molecule has 80 valence electrons. The van der Waals surface area contributed by atoms with Gasteiger partial charge in [-0.1, -0.05) is 5.16 Å². The van der Waals surface area contributed by atoms with Gasteiger partial charge >= 0.3 is 6.01 Å². The van der Waals surface area contributed by atoms with E-state index in [1.54, 1.807) is 0 Å². The molecular weight excluding hydrogens is 182 g/mol. The molecular formula is C9H17N3O2. The van der Waals surface area contributed by atoms with Crippen LogP contribution in [0.2, 0.25) is 0 Å². The third kappa shape index (κ3) is 2.99. The molecule has 0 amide bonds. The Bertz CT molecular complexity index is 273. The Hall–Kier alpha value is -1.10. The Balaban J connectivity index is 2.58. The molecule has 1 rings (SSSR count). The van der Waals surface area contributed by atoms with Crippen LogP contribution < -0.4 is 5.32 Å². The number of nitrogens with zero attached hydrogens (tertiary/aromatic N) is 2. The summed E-state index contributed by atoms with van der Waals surface area (Å²) in [5, 5.41) is 6.84. The van der Waals surface area contributed by atoms with Gasteiger partial charge < -0.3 is 14.6 Å². The van der Waals surface area contributed by atoms with Crippen molar-refractivity contribution in [2.75, 3.05) is 11.9 Å². The number of anilines is 1. The molecule has 0 radical (unpaired) electrons. The van der Waals surface area contributed by atoms with Gasteiger partial charge in [0.25, 0.3) is 0 Å². The Morgan fingerprint density at radius 3 is 2.71 bits per heavy atom. The van der Waals surface area contributed by atoms with Crippen LogP contribution in [0.1, 0.15) is 39.6 Å². The Morgan fingerprint density at radius 1 is 1.43 bits per heavy atom. The third-order valence-electron chi connectivity index (χ3n) is 1.63. The molecule has 1 N–H and O–H groups in total. The van der Waals surface area contributed by atoms with Crippen LogP contribution in [0, 0.1) is 0 Å². The molecule has 0 saturated carbocycles. The molecule has 1 heterocycles. The average molecular weight is 199 g/mol. The normalized spacial score (nSPS) is 13.2. The van der Waals surface area contributed by atoms with Crippen molar-refractivity contribution in [3.63, 3.8) is 0 Å². The summed E-state index contributed by atoms with van der Waals surface area (Å²) in [5.41, 5.74) is 0. The lowest BCUT2D eigenvalue weighted by Crippen LogP contribution is -2.10. The molecule has 0 aliphatic carbocycles. The second kappa shape index (κ2) is 4.95. The van der Waals surface area contributed by atoms with Gasteiger partial charge in [-0.25, -0.2) is 0 Å². The highest BCUT2D eigenvalue weighted by atomic mass is 16.5. The predicted molar refractivity (Wildman–Crippen MR) is 53.1 cm³/mol. The molecule has 5 nitrogen and oxygen atoms in total. The molecule has 0 bridgehead atoms. The molecule has 1 aromatic rings. The summed E-state index contributed by atoms with van der Waals surface area (Å²) in [6, 6.07) is 0.729. The second-order valence-corrected chi connectivity index (χ2v) is 3.35. The van der Waals surface area contributed by atoms with Crippen LogP contribution >= 0.6 is 0 Å². The Labute approximate surface area is 83.8 Å². The van der Waals surface area contributed by atoms with Gasteiger partial charge in [0.05, 0.1) is 0 Å². The molecule has 1 atom stereocenters. The van der Waals surface area contributed by atoms with Crippen molar-refractivity contribution in [1.29, 1.82) is 0 Å². The molecule has 5 heteroatoms. The first kappa shape index (κ1) is 11.0. The number of hydrogen-bond acceptors (Lipinski definition) is 5. The van der Waals surface area contributed by atoms with Crippen LogP contribution in [0.15, 0.2) is 4.52 Å². The molecule has 0 aliphatic rings. The fraction of sp³-hybridized carbons (Fsp3) is 0.778. The maximum absolute atomic E-state index is 5.33. The monoisotopic (exact) mass is 199 g/mol. The van der Waals surface area contributed by atoms with Crippen molar-refractivity contribution in [1.82, 2.24) is 10.1 Å². The van der Waals surface area contributed by atoms with Crippen LogP contribution in [0.3, 0.4) is 0 Å². The van der Waals surface area contributed by atoms with Gasteiger partial charge in [-0.3, -0.25) is 0 Å². The van der Waals surface area contributed by atoms with Crippen molar-refractivity contribution in [3.05, 3.63) is 5.82 Å². The average Bonchev–Trinajstić information content (AvgIpc) is 2.52. The summed E-state index contributed by atoms with van der Waals surface area (Å²) in [7, 11) is 0. The van der Waals surface area contributed by atoms with Crippen LogP contribution in [-0.2, 0) is 4.74 Å². The topological polar surface area (TPSA) is 60.2 Å². The first-order chi connectivity index (χ1) is 6.63. The van der Waals surface area contributed by atoms with Crippen molar-refractivity contribution in [2.24, 2.45) is 0 Å². The maximum Gasteiger partial charge on any atom is 0.321 e. The van der Waals surface area contributed by atoms with E-state index in [0.717, 1.165) is 0 Å². The van der Waals surface area contributed by atoms with Gasteiger partial charge in [0.1, 0.15) is 6.10 Å². The fourth-order valence-electron chi connectivity index (χ4n) is 1.03. The maximum atomic E-state index is 5.33. The number of rotatable bonds is 5. The highest BCUT2D eigenvalue weighted by molar-refractivity contribution is 5.19. The SMILES string of the molecule is CCOC(C)c1noc(NC(C)C)n1. The summed E-state index contributed by atoms with van der Waals surface area (Å²) in [4.78, 5) is 4.16. The van der Waals surface area contributed by atoms with Crippen molar-refractivity contribution >= 4 is 6.01 Å². The molecule has 0 spiro atoms. The lowest BCUT2D eigenvalue weighted by Gasteiger charge is -2.05. The Kier molecular flexibility index (Phi) is 3.88. The van der Waals surface area contributed by atoms with Gasteiger partial charge in [0.2, 0.25) is 5.82 Å². The second-order valence-electron chi connectivity index (χ2n) is 3.35. The lowest BCUT2D eigenvalue weighted by molar-refractivity contribution is 0.0683. The largest absolute Gasteiger partial charge is 0.371 e. The third-order valence-corrected chi connectivity index (χ3v) is 1.63. The van der Waals surface area contributed by atoms with Crippen molar-refractivity contribution in [2.45, 2.75) is 39.8 Å². The van der Waals surface area contributed by atoms with E-state index in [0.29, 0.717) is 18.4 Å². The van der Waals surface area contributed by atoms with Gasteiger partial charge in [-0.2, -0.15) is 4.98 Å². The van der Waals surface area contributed by atoms with Gasteiger partial charge in [0, 0.05) is 12.6 Å². The zero-order valence-electron chi connectivity index (χ0n) is 9.07. The van der Waals surface area contributed by atoms with E-state index in [4.69, 9.17) is 9.26 Å². The zero-order chi connectivity index (χ0) is 10.6. The summed E-state index contributed by atoms with van der Waals surface area (Å²) >= 11 is 0. The molecule has 1 aromatic heterocycles. The van der Waals surface area contributed by atoms with Gasteiger partial charge in [-0.15, -0.1) is 0 Å². The summed E-state index contributed by atoms with van der Waals surface area (Å²) < 4.78 is 10.3. The van der Waals surface area contributed by atoms with E-state index in [1.165, 1.54) is 0 Å². The predicted octanol–water partition coefficient (Wildman–Crippen LogP) is 1.99. The number of hydrogen-bond donors (Lipinski definition) is 1. The minimum Gasteiger partial charge on any atom is -0.371 e. The first-order valence-electron chi connectivity index (χ1n) is 4.85. The Morgan fingerprint density at radius 2 is 2.14 bits per heavy atom. The minimum atomic E-state index is -0.119. The van der Waals surface area contributed by atoms with Gasteiger partial charge in [0.15, 0.2) is 0 Å². The van der Waals surface area contributed by atoms with E-state index in [9.17, 15) is 0 Å². The van der Waals surface area contributed by atoms with Crippen molar-refractivity contribution in [3.8, 4) is 0 Å². The fourth-order valence-corrected chi connectivity index (χ4v) is 1.03. The van der Waals surface area contributed by atoms with E-state index in [1.807, 2.05) is 27.7 Å². The first-order valence-corrected chi connectivity index (χ1v) is 4.85. The lowest BCUT2D eigenvalue weighted by atomic mass is 10.4. The smallest absolute Gasteiger partial charge is 0.321 e.